The van der Waals surface area contributed by atoms with Crippen molar-refractivity contribution in [3.8, 4) is 5.75 Å². The highest BCUT2D eigenvalue weighted by Gasteiger charge is 2.40. The SMILES string of the molecule is COc1cc(Nc2ncc(C(F)(F)F)c(N3OCCC3c3ccccc3)n2)ccc1N1CCOCC1. The lowest BCUT2D eigenvalue weighted by molar-refractivity contribution is -0.138. The first-order valence-corrected chi connectivity index (χ1v) is 11.6. The molecule has 1 N–H and O–H groups in total. The van der Waals surface area contributed by atoms with Crippen LogP contribution in [0.4, 0.5) is 36.3 Å². The third-order valence-corrected chi connectivity index (χ3v) is 6.16. The van der Waals surface area contributed by atoms with Gasteiger partial charge in [-0.15, -0.1) is 0 Å². The van der Waals surface area contributed by atoms with Gasteiger partial charge >= 0.3 is 6.18 Å². The number of rotatable bonds is 6. The van der Waals surface area contributed by atoms with Crippen LogP contribution in [0.5, 0.6) is 5.75 Å². The van der Waals surface area contributed by atoms with Gasteiger partial charge < -0.3 is 19.7 Å². The van der Waals surface area contributed by atoms with E-state index in [2.05, 4.69) is 20.2 Å². The fourth-order valence-corrected chi connectivity index (χ4v) is 4.41. The lowest BCUT2D eigenvalue weighted by Gasteiger charge is -2.30. The first-order valence-electron chi connectivity index (χ1n) is 11.6. The molecule has 0 aliphatic carbocycles. The Morgan fingerprint density at radius 2 is 1.83 bits per heavy atom. The molecule has 0 amide bonds. The summed E-state index contributed by atoms with van der Waals surface area (Å²) in [4.78, 5) is 16.0. The fraction of sp³-hybridized carbons (Fsp3) is 0.360. The van der Waals surface area contributed by atoms with Gasteiger partial charge in [0.15, 0.2) is 5.82 Å². The molecule has 0 bridgehead atoms. The second-order valence-corrected chi connectivity index (χ2v) is 8.41. The number of hydrogen-bond acceptors (Lipinski definition) is 8. The minimum Gasteiger partial charge on any atom is -0.495 e. The first-order chi connectivity index (χ1) is 17.4. The Bertz CT molecular complexity index is 1190. The summed E-state index contributed by atoms with van der Waals surface area (Å²) in [5.74, 6) is 0.311. The topological polar surface area (TPSA) is 72.0 Å². The summed E-state index contributed by atoms with van der Waals surface area (Å²) < 4.78 is 52.7. The number of methoxy groups -OCH3 is 1. The van der Waals surface area contributed by atoms with Crippen molar-refractivity contribution in [3.63, 3.8) is 0 Å². The molecule has 2 saturated heterocycles. The van der Waals surface area contributed by atoms with E-state index in [1.807, 2.05) is 42.5 Å². The predicted molar refractivity (Wildman–Crippen MR) is 129 cm³/mol. The molecular weight excluding hydrogens is 475 g/mol. The van der Waals surface area contributed by atoms with Crippen LogP contribution in [-0.2, 0) is 15.8 Å². The summed E-state index contributed by atoms with van der Waals surface area (Å²) in [7, 11) is 1.57. The Morgan fingerprint density at radius 1 is 1.06 bits per heavy atom. The standard InChI is InChI=1S/C25H26F3N5O3/c1-34-22-15-18(7-8-21(22)32-10-13-35-14-11-32)30-24-29-16-19(25(26,27)28)23(31-24)33-20(9-12-36-33)17-5-3-2-4-6-17/h2-8,15-16,20H,9-14H2,1H3,(H,29,30,31). The lowest BCUT2D eigenvalue weighted by atomic mass is 10.0. The Morgan fingerprint density at radius 3 is 2.56 bits per heavy atom. The Kier molecular flexibility index (Phi) is 6.84. The maximum atomic E-state index is 13.9. The summed E-state index contributed by atoms with van der Waals surface area (Å²) in [6, 6.07) is 14.3. The minimum absolute atomic E-state index is 0.0153. The smallest absolute Gasteiger partial charge is 0.421 e. The van der Waals surface area contributed by atoms with Crippen LogP contribution >= 0.6 is 0 Å². The first kappa shape index (κ1) is 24.1. The van der Waals surface area contributed by atoms with Crippen molar-refractivity contribution in [1.29, 1.82) is 0 Å². The molecule has 36 heavy (non-hydrogen) atoms. The van der Waals surface area contributed by atoms with Gasteiger partial charge in [0.1, 0.15) is 11.3 Å². The molecule has 5 rings (SSSR count). The maximum Gasteiger partial charge on any atom is 0.421 e. The average molecular weight is 502 g/mol. The van der Waals surface area contributed by atoms with E-state index in [1.54, 1.807) is 13.2 Å². The van der Waals surface area contributed by atoms with E-state index in [1.165, 1.54) is 5.06 Å². The highest BCUT2D eigenvalue weighted by molar-refractivity contribution is 5.68. The number of benzene rings is 2. The quantitative estimate of drug-likeness (QED) is 0.508. The highest BCUT2D eigenvalue weighted by Crippen LogP contribution is 2.42. The van der Waals surface area contributed by atoms with Crippen molar-refractivity contribution in [2.24, 2.45) is 0 Å². The average Bonchev–Trinajstić information content (AvgIpc) is 3.39. The van der Waals surface area contributed by atoms with E-state index >= 15 is 0 Å². The largest absolute Gasteiger partial charge is 0.495 e. The zero-order chi connectivity index (χ0) is 25.1. The third-order valence-electron chi connectivity index (χ3n) is 6.16. The monoisotopic (exact) mass is 501 g/mol. The van der Waals surface area contributed by atoms with Gasteiger partial charge in [-0.05, 0) is 17.7 Å². The van der Waals surface area contributed by atoms with Gasteiger partial charge in [-0.3, -0.25) is 4.84 Å². The van der Waals surface area contributed by atoms with E-state index < -0.39 is 17.8 Å². The number of alkyl halides is 3. The van der Waals surface area contributed by atoms with Crippen molar-refractivity contribution >= 4 is 23.1 Å². The highest BCUT2D eigenvalue weighted by atomic mass is 19.4. The van der Waals surface area contributed by atoms with Gasteiger partial charge in [0.2, 0.25) is 5.95 Å². The molecule has 190 valence electrons. The number of aromatic nitrogens is 2. The molecule has 0 spiro atoms. The van der Waals surface area contributed by atoms with E-state index in [9.17, 15) is 13.2 Å². The summed E-state index contributed by atoms with van der Waals surface area (Å²) in [5, 5.41) is 4.25. The normalized spacial score (nSPS) is 18.4. The van der Waals surface area contributed by atoms with Gasteiger partial charge in [0.05, 0.1) is 38.7 Å². The second kappa shape index (κ2) is 10.2. The number of nitrogens with one attached hydrogen (secondary N) is 1. The summed E-state index contributed by atoms with van der Waals surface area (Å²) in [6.45, 7) is 3.03. The maximum absolute atomic E-state index is 13.9. The van der Waals surface area contributed by atoms with Crippen LogP contribution in [0, 0.1) is 0 Å². The molecule has 1 atom stereocenters. The molecule has 2 fully saturated rings. The molecule has 0 radical (unpaired) electrons. The van der Waals surface area contributed by atoms with E-state index in [-0.39, 0.29) is 18.4 Å². The zero-order valence-corrected chi connectivity index (χ0v) is 19.7. The van der Waals surface area contributed by atoms with Crippen LogP contribution in [0.25, 0.3) is 0 Å². The summed E-state index contributed by atoms with van der Waals surface area (Å²) >= 11 is 0. The number of morpholine rings is 1. The molecule has 1 unspecified atom stereocenters. The third kappa shape index (κ3) is 5.02. The number of nitrogens with zero attached hydrogens (tertiary/aromatic N) is 4. The summed E-state index contributed by atoms with van der Waals surface area (Å²) in [5.41, 5.74) is 1.38. The van der Waals surface area contributed by atoms with Crippen molar-refractivity contribution < 1.29 is 27.5 Å². The van der Waals surface area contributed by atoms with Crippen LogP contribution in [0.1, 0.15) is 23.6 Å². The molecule has 3 heterocycles. The molecule has 2 aromatic carbocycles. The molecule has 8 nitrogen and oxygen atoms in total. The van der Waals surface area contributed by atoms with Gasteiger partial charge in [-0.2, -0.15) is 18.2 Å². The minimum atomic E-state index is -4.65. The lowest BCUT2D eigenvalue weighted by Crippen LogP contribution is -2.36. The van der Waals surface area contributed by atoms with Crippen molar-refractivity contribution in [2.75, 3.05) is 55.3 Å². The van der Waals surface area contributed by atoms with E-state index in [0.29, 0.717) is 31.1 Å². The molecule has 2 aliphatic rings. The molecule has 3 aromatic rings. The van der Waals surface area contributed by atoms with Crippen molar-refractivity contribution in [2.45, 2.75) is 18.6 Å². The molecule has 1 aromatic heterocycles. The van der Waals surface area contributed by atoms with E-state index in [0.717, 1.165) is 30.5 Å². The van der Waals surface area contributed by atoms with E-state index in [4.69, 9.17) is 14.3 Å². The van der Waals surface area contributed by atoms with Crippen molar-refractivity contribution in [3.05, 3.63) is 65.9 Å². The number of anilines is 4. The fourth-order valence-electron chi connectivity index (χ4n) is 4.41. The molecule has 0 saturated carbocycles. The molecule has 11 heteroatoms. The number of hydrogen-bond donors (Lipinski definition) is 1. The van der Waals surface area contributed by atoms with Gasteiger partial charge in [-0.25, -0.2) is 10.0 Å². The van der Waals surface area contributed by atoms with Gasteiger partial charge in [0.25, 0.3) is 0 Å². The molecule has 2 aliphatic heterocycles. The van der Waals surface area contributed by atoms with Crippen LogP contribution in [-0.4, -0.2) is 50.0 Å². The van der Waals surface area contributed by atoms with Crippen LogP contribution in [0.2, 0.25) is 0 Å². The van der Waals surface area contributed by atoms with Crippen LogP contribution in [0.15, 0.2) is 54.7 Å². The predicted octanol–water partition coefficient (Wildman–Crippen LogP) is 4.97. The van der Waals surface area contributed by atoms with Gasteiger partial charge in [0, 0.05) is 37.5 Å². The van der Waals surface area contributed by atoms with Gasteiger partial charge in [-0.1, -0.05) is 30.3 Å². The Labute approximate surface area is 206 Å². The Balaban J connectivity index is 1.45. The Hall–Kier alpha value is -3.57. The van der Waals surface area contributed by atoms with Crippen LogP contribution in [0.3, 0.4) is 0 Å². The van der Waals surface area contributed by atoms with Crippen LogP contribution < -0.4 is 20.0 Å². The zero-order valence-electron chi connectivity index (χ0n) is 19.7. The molecular formula is C25H26F3N5O3. The number of ether oxygens (including phenoxy) is 2. The van der Waals surface area contributed by atoms with Crippen molar-refractivity contribution in [1.82, 2.24) is 9.97 Å². The number of halogens is 3. The number of hydroxylamine groups is 1. The summed E-state index contributed by atoms with van der Waals surface area (Å²) in [6.07, 6.45) is -3.33. The second-order valence-electron chi connectivity index (χ2n) is 8.41.